The highest BCUT2D eigenvalue weighted by molar-refractivity contribution is 5.91. The van der Waals surface area contributed by atoms with Gasteiger partial charge in [0, 0.05) is 45.2 Å². The zero-order valence-corrected chi connectivity index (χ0v) is 21.1. The van der Waals surface area contributed by atoms with Crippen molar-refractivity contribution in [2.24, 2.45) is 5.92 Å². The third-order valence-corrected chi connectivity index (χ3v) is 7.60. The molecule has 0 radical (unpaired) electrons. The summed E-state index contributed by atoms with van der Waals surface area (Å²) >= 11 is 0. The van der Waals surface area contributed by atoms with Gasteiger partial charge in [0.05, 0.1) is 23.8 Å². The molecule has 2 fully saturated rings. The van der Waals surface area contributed by atoms with Crippen LogP contribution in [0.5, 0.6) is 0 Å². The predicted molar refractivity (Wildman–Crippen MR) is 141 cm³/mol. The van der Waals surface area contributed by atoms with E-state index in [4.69, 9.17) is 9.40 Å². The van der Waals surface area contributed by atoms with Crippen LogP contribution in [0.25, 0.3) is 11.0 Å². The smallest absolute Gasteiger partial charge is 0.289 e. The number of imidazole rings is 1. The minimum Gasteiger partial charge on any atom is -0.459 e. The van der Waals surface area contributed by atoms with E-state index in [-0.39, 0.29) is 23.5 Å². The number of para-hydroxylation sites is 2. The summed E-state index contributed by atoms with van der Waals surface area (Å²) in [6, 6.07) is 18.0. The van der Waals surface area contributed by atoms with Crippen LogP contribution in [0.15, 0.2) is 71.3 Å². The standard InChI is InChI=1S/C29H30FN5O3/c30-23-6-3-5-21(19-23)20-35-25-8-2-1-7-24(25)31-29(35)34-12-10-22(11-13-34)27(36)32-14-16-33(17-15-32)28(37)26-9-4-18-38-26/h1-9,18-19,22H,10-17,20H2. The molecule has 2 aliphatic rings. The quantitative estimate of drug-likeness (QED) is 0.402. The zero-order chi connectivity index (χ0) is 26.1. The van der Waals surface area contributed by atoms with Gasteiger partial charge in [-0.25, -0.2) is 9.37 Å². The van der Waals surface area contributed by atoms with E-state index >= 15 is 0 Å². The van der Waals surface area contributed by atoms with Crippen molar-refractivity contribution in [1.29, 1.82) is 0 Å². The number of amides is 2. The van der Waals surface area contributed by atoms with Crippen LogP contribution in [0.2, 0.25) is 0 Å². The predicted octanol–water partition coefficient (Wildman–Crippen LogP) is 4.02. The summed E-state index contributed by atoms with van der Waals surface area (Å²) in [4.78, 5) is 36.6. The van der Waals surface area contributed by atoms with Gasteiger partial charge in [0.2, 0.25) is 11.9 Å². The summed E-state index contributed by atoms with van der Waals surface area (Å²) in [6.45, 7) is 4.05. The average Bonchev–Trinajstić information content (AvgIpc) is 3.62. The number of hydrogen-bond acceptors (Lipinski definition) is 5. The molecular formula is C29H30FN5O3. The Morgan fingerprint density at radius 2 is 1.66 bits per heavy atom. The molecule has 4 aromatic rings. The highest BCUT2D eigenvalue weighted by atomic mass is 19.1. The number of rotatable bonds is 5. The number of carbonyl (C=O) groups is 2. The van der Waals surface area contributed by atoms with Crippen molar-refractivity contribution >= 4 is 28.8 Å². The average molecular weight is 516 g/mol. The van der Waals surface area contributed by atoms with E-state index in [1.165, 1.54) is 12.3 Å². The van der Waals surface area contributed by atoms with E-state index in [2.05, 4.69) is 9.47 Å². The van der Waals surface area contributed by atoms with Gasteiger partial charge in [0.25, 0.3) is 5.91 Å². The van der Waals surface area contributed by atoms with Gasteiger partial charge in [-0.3, -0.25) is 9.59 Å². The van der Waals surface area contributed by atoms with Crippen LogP contribution >= 0.6 is 0 Å². The van der Waals surface area contributed by atoms with Crippen LogP contribution in [0.3, 0.4) is 0 Å². The summed E-state index contributed by atoms with van der Waals surface area (Å²) in [5, 5.41) is 0. The van der Waals surface area contributed by atoms with E-state index in [1.54, 1.807) is 29.2 Å². The highest BCUT2D eigenvalue weighted by Gasteiger charge is 2.33. The Balaban J connectivity index is 1.10. The van der Waals surface area contributed by atoms with Gasteiger partial charge < -0.3 is 23.7 Å². The molecule has 4 heterocycles. The molecule has 0 bridgehead atoms. The molecule has 6 rings (SSSR count). The van der Waals surface area contributed by atoms with Gasteiger partial charge in [-0.2, -0.15) is 0 Å². The summed E-state index contributed by atoms with van der Waals surface area (Å²) in [5.41, 5.74) is 2.79. The monoisotopic (exact) mass is 515 g/mol. The molecule has 0 atom stereocenters. The molecule has 2 aromatic heterocycles. The number of nitrogens with zero attached hydrogens (tertiary/aromatic N) is 5. The van der Waals surface area contributed by atoms with Crippen molar-refractivity contribution in [3.63, 3.8) is 0 Å². The molecule has 0 aliphatic carbocycles. The van der Waals surface area contributed by atoms with Gasteiger partial charge in [-0.15, -0.1) is 0 Å². The molecular weight excluding hydrogens is 485 g/mol. The molecule has 2 aromatic carbocycles. The molecule has 0 unspecified atom stereocenters. The molecule has 38 heavy (non-hydrogen) atoms. The Labute approximate surface area is 220 Å². The Kier molecular flexibility index (Phi) is 6.57. The van der Waals surface area contributed by atoms with E-state index in [0.29, 0.717) is 38.5 Å². The van der Waals surface area contributed by atoms with E-state index in [9.17, 15) is 14.0 Å². The number of hydrogen-bond donors (Lipinski definition) is 0. The number of piperazine rings is 1. The number of halogens is 1. The van der Waals surface area contributed by atoms with Crippen molar-refractivity contribution in [2.75, 3.05) is 44.2 Å². The fraction of sp³-hybridized carbons (Fsp3) is 0.345. The topological polar surface area (TPSA) is 74.8 Å². The Morgan fingerprint density at radius 1 is 0.895 bits per heavy atom. The van der Waals surface area contributed by atoms with Crippen LogP contribution in [-0.2, 0) is 11.3 Å². The second-order valence-corrected chi connectivity index (χ2v) is 9.97. The molecule has 0 spiro atoms. The second kappa shape index (κ2) is 10.3. The number of fused-ring (bicyclic) bond motifs is 1. The fourth-order valence-corrected chi connectivity index (χ4v) is 5.55. The molecule has 2 saturated heterocycles. The number of carbonyl (C=O) groups excluding carboxylic acids is 2. The lowest BCUT2D eigenvalue weighted by Crippen LogP contribution is -2.53. The Hall–Kier alpha value is -4.14. The molecule has 196 valence electrons. The summed E-state index contributed by atoms with van der Waals surface area (Å²) < 4.78 is 21.2. The van der Waals surface area contributed by atoms with Gasteiger partial charge in [-0.1, -0.05) is 24.3 Å². The Morgan fingerprint density at radius 3 is 2.39 bits per heavy atom. The number of piperidine rings is 1. The molecule has 9 heteroatoms. The van der Waals surface area contributed by atoms with Gasteiger partial charge in [0.15, 0.2) is 5.76 Å². The minimum atomic E-state index is -0.251. The van der Waals surface area contributed by atoms with Crippen LogP contribution in [-0.4, -0.2) is 70.4 Å². The molecule has 2 aliphatic heterocycles. The Bertz CT molecular complexity index is 1430. The third-order valence-electron chi connectivity index (χ3n) is 7.60. The van der Waals surface area contributed by atoms with E-state index < -0.39 is 0 Å². The molecule has 2 amide bonds. The summed E-state index contributed by atoms with van der Waals surface area (Å²) in [5.74, 6) is 0.935. The van der Waals surface area contributed by atoms with E-state index in [1.807, 2.05) is 35.2 Å². The number of furan rings is 1. The third kappa shape index (κ3) is 4.76. The normalized spacial score (nSPS) is 16.8. The zero-order valence-electron chi connectivity index (χ0n) is 21.1. The van der Waals surface area contributed by atoms with Crippen LogP contribution < -0.4 is 4.90 Å². The lowest BCUT2D eigenvalue weighted by atomic mass is 9.95. The largest absolute Gasteiger partial charge is 0.459 e. The lowest BCUT2D eigenvalue weighted by Gasteiger charge is -2.38. The number of anilines is 1. The number of aromatic nitrogens is 2. The lowest BCUT2D eigenvalue weighted by molar-refractivity contribution is -0.137. The fourth-order valence-electron chi connectivity index (χ4n) is 5.55. The first-order valence-corrected chi connectivity index (χ1v) is 13.1. The van der Waals surface area contributed by atoms with Crippen LogP contribution in [0.1, 0.15) is 29.0 Å². The van der Waals surface area contributed by atoms with Crippen molar-refractivity contribution in [3.8, 4) is 0 Å². The van der Waals surface area contributed by atoms with Gasteiger partial charge in [0.1, 0.15) is 5.82 Å². The first-order chi connectivity index (χ1) is 18.6. The van der Waals surface area contributed by atoms with Crippen LogP contribution in [0.4, 0.5) is 10.3 Å². The maximum atomic E-state index is 13.9. The van der Waals surface area contributed by atoms with Gasteiger partial charge >= 0.3 is 0 Å². The maximum Gasteiger partial charge on any atom is 0.289 e. The van der Waals surface area contributed by atoms with Crippen molar-refractivity contribution in [1.82, 2.24) is 19.4 Å². The molecule has 0 saturated carbocycles. The first-order valence-electron chi connectivity index (χ1n) is 13.1. The molecule has 8 nitrogen and oxygen atoms in total. The van der Waals surface area contributed by atoms with Gasteiger partial charge in [-0.05, 0) is 54.8 Å². The summed E-state index contributed by atoms with van der Waals surface area (Å²) in [6.07, 6.45) is 2.98. The minimum absolute atomic E-state index is 0.0420. The summed E-state index contributed by atoms with van der Waals surface area (Å²) in [7, 11) is 0. The van der Waals surface area contributed by atoms with Crippen molar-refractivity contribution in [2.45, 2.75) is 19.4 Å². The first kappa shape index (κ1) is 24.2. The van der Waals surface area contributed by atoms with Crippen LogP contribution in [0, 0.1) is 11.7 Å². The van der Waals surface area contributed by atoms with Crippen molar-refractivity contribution < 1.29 is 18.4 Å². The number of benzene rings is 2. The van der Waals surface area contributed by atoms with E-state index in [0.717, 1.165) is 48.5 Å². The second-order valence-electron chi connectivity index (χ2n) is 9.97. The van der Waals surface area contributed by atoms with Crippen molar-refractivity contribution in [3.05, 3.63) is 84.1 Å². The maximum absolute atomic E-state index is 13.9. The SMILES string of the molecule is O=C(c1ccco1)N1CCN(C(=O)C2CCN(c3nc4ccccc4n3Cc3cccc(F)c3)CC2)CC1. The highest BCUT2D eigenvalue weighted by Crippen LogP contribution is 2.29. The molecule has 0 N–H and O–H groups in total.